The Balaban J connectivity index is -0.00000496. The average Bonchev–Trinajstić information content (AvgIpc) is 0.884. The zero-order chi connectivity index (χ0) is 88.5. The maximum atomic E-state index is 14.5. The van der Waals surface area contributed by atoms with Crippen LogP contribution in [0.3, 0.4) is 0 Å². The summed E-state index contributed by atoms with van der Waals surface area (Å²) in [6.45, 7) is 27.0. The molecule has 0 aromatic carbocycles. The number of hydrogen-bond acceptors (Lipinski definition) is 21. The summed E-state index contributed by atoms with van der Waals surface area (Å²) in [5, 5.41) is 23.0. The van der Waals surface area contributed by atoms with E-state index in [1.807, 2.05) is 62.3 Å². The van der Waals surface area contributed by atoms with E-state index in [2.05, 4.69) is 42.5 Å². The summed E-state index contributed by atoms with van der Waals surface area (Å²) >= 11 is 0. The molecule has 0 rings (SSSR count). The van der Waals surface area contributed by atoms with Gasteiger partial charge in [-0.1, -0.05) is 74.7 Å². The highest BCUT2D eigenvalue weighted by atomic mass is 16.5. The molecule has 0 bridgehead atoms. The van der Waals surface area contributed by atoms with Crippen molar-refractivity contribution in [1.29, 1.82) is 0 Å². The van der Waals surface area contributed by atoms with Gasteiger partial charge in [-0.05, 0) is 227 Å². The summed E-state index contributed by atoms with van der Waals surface area (Å²) in [4.78, 5) is 194. The molecule has 7 atom stereocenters. The van der Waals surface area contributed by atoms with E-state index >= 15 is 0 Å². The normalized spacial score (nSPS) is 12.4. The SMILES string of the molecule is CC.CC.CC.CC.CCOCCOCCCC(=O)C(CCCCNC(=O)C(CCCCNC(=O)C(CCCCN)NC(=O)CCCCC(C)=O)NC(=O)C(CCCCN)CC(=O)CCCCC(C)=O)NC(=O)C(CCCCNC(=O)C(N)CCCCCC(=O)CCCCC(C)=O)NC(=O)C(N)CCCCNC(=O)CCCCC(C)=O. The van der Waals surface area contributed by atoms with Crippen molar-refractivity contribution in [3.8, 4) is 0 Å². The van der Waals surface area contributed by atoms with Crippen LogP contribution < -0.4 is 65.5 Å². The first-order valence-electron chi connectivity index (χ1n) is 44.7. The second kappa shape index (κ2) is 84.7. The molecule has 29 nitrogen and oxygen atoms in total. The van der Waals surface area contributed by atoms with E-state index in [0.717, 1.165) is 6.42 Å². The molecule has 7 unspecified atom stereocenters. The predicted octanol–water partition coefficient (Wildman–Crippen LogP) is 10.2. The van der Waals surface area contributed by atoms with Crippen LogP contribution in [0.1, 0.15) is 360 Å². The number of rotatable bonds is 75. The number of carbonyl (C=O) groups is 15. The number of carbonyl (C=O) groups excluding carboxylic acids is 15. The number of unbranched alkanes of at least 4 members (excludes halogenated alkanes) is 12. The predicted molar refractivity (Wildman–Crippen MR) is 462 cm³/mol. The molecule has 0 fully saturated rings. The van der Waals surface area contributed by atoms with Gasteiger partial charge in [0, 0.05) is 116 Å². The first-order valence-corrected chi connectivity index (χ1v) is 44.7. The fraction of sp³-hybridized carbons (Fsp3) is 0.828. The van der Waals surface area contributed by atoms with Gasteiger partial charge in [-0.3, -0.25) is 52.7 Å². The van der Waals surface area contributed by atoms with Crippen LogP contribution in [0, 0.1) is 5.92 Å². The number of amides is 8. The highest BCUT2D eigenvalue weighted by Crippen LogP contribution is 2.19. The van der Waals surface area contributed by atoms with Crippen molar-refractivity contribution in [2.24, 2.45) is 28.9 Å². The highest BCUT2D eigenvalue weighted by molar-refractivity contribution is 5.94. The monoisotopic (exact) mass is 1650 g/mol. The molecule has 676 valence electrons. The van der Waals surface area contributed by atoms with Crippen molar-refractivity contribution in [2.75, 3.05) is 65.7 Å². The van der Waals surface area contributed by atoms with Crippen LogP contribution >= 0.6 is 0 Å². The van der Waals surface area contributed by atoms with Gasteiger partial charge in [0.05, 0.1) is 31.3 Å². The number of nitrogens with one attached hydrogen (secondary N) is 8. The summed E-state index contributed by atoms with van der Waals surface area (Å²) in [5.41, 5.74) is 24.2. The van der Waals surface area contributed by atoms with Crippen molar-refractivity contribution < 1.29 is 81.4 Å². The quantitative estimate of drug-likeness (QED) is 0.0252. The Bertz CT molecular complexity index is 2630. The van der Waals surface area contributed by atoms with E-state index < -0.39 is 65.8 Å². The third-order valence-corrected chi connectivity index (χ3v) is 18.6. The maximum absolute atomic E-state index is 14.5. The molecule has 0 aliphatic carbocycles. The molecule has 0 radical (unpaired) electrons. The lowest BCUT2D eigenvalue weighted by atomic mass is 9.92. The second-order valence-corrected chi connectivity index (χ2v) is 28.9. The molecule has 0 saturated heterocycles. The number of hydrogen-bond donors (Lipinski definition) is 12. The van der Waals surface area contributed by atoms with Gasteiger partial charge < -0.3 is 94.1 Å². The summed E-state index contributed by atoms with van der Waals surface area (Å²) < 4.78 is 11.1. The van der Waals surface area contributed by atoms with E-state index in [9.17, 15) is 71.9 Å². The van der Waals surface area contributed by atoms with Crippen molar-refractivity contribution in [1.82, 2.24) is 42.5 Å². The zero-order valence-corrected chi connectivity index (χ0v) is 74.6. The molecule has 0 aromatic rings. The molecule has 29 heteroatoms. The van der Waals surface area contributed by atoms with E-state index in [-0.39, 0.29) is 148 Å². The molecule has 116 heavy (non-hydrogen) atoms. The minimum atomic E-state index is -1.16. The number of nitrogens with two attached hydrogens (primary N) is 4. The van der Waals surface area contributed by atoms with Crippen molar-refractivity contribution in [3.63, 3.8) is 0 Å². The van der Waals surface area contributed by atoms with Gasteiger partial charge in [-0.25, -0.2) is 0 Å². The summed E-state index contributed by atoms with van der Waals surface area (Å²) in [6.07, 6.45) is 17.3. The maximum Gasteiger partial charge on any atom is 0.243 e. The third-order valence-electron chi connectivity index (χ3n) is 18.6. The molecule has 0 heterocycles. The van der Waals surface area contributed by atoms with Crippen LogP contribution in [0.4, 0.5) is 0 Å². The molecular weight excluding hydrogens is 1490 g/mol. The van der Waals surface area contributed by atoms with Crippen molar-refractivity contribution in [2.45, 2.75) is 396 Å². The molecular formula is C87H166N12O17. The minimum Gasteiger partial charge on any atom is -0.379 e. The molecule has 0 saturated carbocycles. The van der Waals surface area contributed by atoms with Gasteiger partial charge in [-0.2, -0.15) is 0 Å². The second-order valence-electron chi connectivity index (χ2n) is 28.9. The van der Waals surface area contributed by atoms with Crippen molar-refractivity contribution in [3.05, 3.63) is 0 Å². The van der Waals surface area contributed by atoms with Gasteiger partial charge in [0.15, 0.2) is 5.78 Å². The summed E-state index contributed by atoms with van der Waals surface area (Å²) in [7, 11) is 0. The van der Waals surface area contributed by atoms with Gasteiger partial charge in [0.25, 0.3) is 0 Å². The Labute approximate surface area is 699 Å². The van der Waals surface area contributed by atoms with Gasteiger partial charge in [0.2, 0.25) is 47.3 Å². The van der Waals surface area contributed by atoms with E-state index in [1.165, 1.54) is 27.7 Å². The van der Waals surface area contributed by atoms with Crippen LogP contribution in [0.15, 0.2) is 0 Å². The first kappa shape index (κ1) is 118. The Kier molecular flexibility index (Phi) is 85.9. The Morgan fingerprint density at radius 1 is 0.284 bits per heavy atom. The molecule has 0 aliphatic rings. The zero-order valence-electron chi connectivity index (χ0n) is 74.6. The molecule has 0 aromatic heterocycles. The molecule has 0 aliphatic heterocycles. The Morgan fingerprint density at radius 3 is 1.10 bits per heavy atom. The lowest BCUT2D eigenvalue weighted by Crippen LogP contribution is -2.54. The Morgan fingerprint density at radius 2 is 0.629 bits per heavy atom. The van der Waals surface area contributed by atoms with Crippen LogP contribution in [-0.4, -0.2) is 190 Å². The number of Topliss-reactive ketones (excluding diaryl/α,β-unsaturated/α-hetero) is 7. The standard InChI is InChI=1S/C79H142N12O17.4C2H6/c1-6-107-55-56-108-54-30-45-71(98)67(89-79(106)70(91-76(103)66(83)40-20-26-50-84-72(99)46-16-12-33-60(4)94)44-23-28-51-85-75(102)65(82)39-9-7-8-36-63(96)37-14-10-31-58(2)92)41-21-27-52-87-78(105)69(90-74(101)62(35-18-24-48-80)57-64(97)38-15-11-32-59(3)93)43-22-29-53-86-77(104)68(42-19-25-49-81)88-73(100)47-17-13-34-61(5)95;4*1-2/h62,65-70H,6-57,80-83H2,1-5H3,(H,84,99)(H,85,102)(H,86,104)(H,87,105)(H,88,100)(H,89,106)(H,90,101)(H,91,103);4*1-2H3. The van der Waals surface area contributed by atoms with Crippen LogP contribution in [0.2, 0.25) is 0 Å². The minimum absolute atomic E-state index is 0.0179. The van der Waals surface area contributed by atoms with Crippen LogP contribution in [0.5, 0.6) is 0 Å². The van der Waals surface area contributed by atoms with E-state index in [0.29, 0.717) is 245 Å². The van der Waals surface area contributed by atoms with Gasteiger partial charge >= 0.3 is 0 Å². The fourth-order valence-corrected chi connectivity index (χ4v) is 12.0. The highest BCUT2D eigenvalue weighted by Gasteiger charge is 2.30. The van der Waals surface area contributed by atoms with E-state index in [1.54, 1.807) is 0 Å². The fourth-order valence-electron chi connectivity index (χ4n) is 12.0. The topological polar surface area (TPSA) is 475 Å². The summed E-state index contributed by atoms with van der Waals surface area (Å²) in [6, 6.07) is -5.90. The van der Waals surface area contributed by atoms with Gasteiger partial charge in [-0.15, -0.1) is 0 Å². The summed E-state index contributed by atoms with van der Waals surface area (Å²) in [5.74, 6) is -4.25. The third kappa shape index (κ3) is 73.6. The van der Waals surface area contributed by atoms with Crippen molar-refractivity contribution >= 4 is 87.7 Å². The molecule has 0 spiro atoms. The number of ketones is 7. The molecule has 16 N–H and O–H groups in total. The van der Waals surface area contributed by atoms with E-state index in [4.69, 9.17) is 32.4 Å². The van der Waals surface area contributed by atoms with Gasteiger partial charge in [0.1, 0.15) is 52.8 Å². The smallest absolute Gasteiger partial charge is 0.243 e. The Hall–Kier alpha value is -6.79. The average molecular weight is 1650 g/mol. The van der Waals surface area contributed by atoms with Crippen LogP contribution in [0.25, 0.3) is 0 Å². The first-order chi connectivity index (χ1) is 55.7. The lowest BCUT2D eigenvalue weighted by molar-refractivity contribution is -0.133. The number of ether oxygens (including phenoxy) is 2. The lowest BCUT2D eigenvalue weighted by Gasteiger charge is -2.24. The largest absolute Gasteiger partial charge is 0.379 e. The molecule has 8 amide bonds. The van der Waals surface area contributed by atoms with Crippen LogP contribution in [-0.2, 0) is 81.4 Å².